The molecule has 1 aromatic rings. The number of halogens is 2. The van der Waals surface area contributed by atoms with E-state index in [4.69, 9.17) is 23.2 Å². The molecule has 0 saturated heterocycles. The molecular formula is C11H13Cl2NOS. The van der Waals surface area contributed by atoms with Gasteiger partial charge in [-0.25, -0.2) is 0 Å². The van der Waals surface area contributed by atoms with Crippen molar-refractivity contribution in [3.05, 3.63) is 28.2 Å². The van der Waals surface area contributed by atoms with Crippen LogP contribution in [0.3, 0.4) is 0 Å². The molecule has 16 heavy (non-hydrogen) atoms. The van der Waals surface area contributed by atoms with Gasteiger partial charge in [0.2, 0.25) is 5.91 Å². The van der Waals surface area contributed by atoms with Crippen LogP contribution in [0.1, 0.15) is 12.8 Å². The maximum Gasteiger partial charge on any atom is 0.224 e. The molecule has 0 saturated carbocycles. The molecule has 0 aromatic heterocycles. The molecule has 88 valence electrons. The highest BCUT2D eigenvalue weighted by Gasteiger charge is 2.03. The molecule has 0 unspecified atom stereocenters. The van der Waals surface area contributed by atoms with Gasteiger partial charge in [0, 0.05) is 22.2 Å². The molecule has 1 rings (SSSR count). The second-order valence-corrected chi connectivity index (χ2v) is 5.16. The van der Waals surface area contributed by atoms with E-state index in [9.17, 15) is 4.79 Å². The summed E-state index contributed by atoms with van der Waals surface area (Å²) in [6.45, 7) is 0. The number of carbonyl (C=O) groups excluding carboxylic acids is 1. The van der Waals surface area contributed by atoms with Crippen LogP contribution >= 0.6 is 35.0 Å². The Balaban J connectivity index is 2.49. The fourth-order valence-electron chi connectivity index (χ4n) is 1.23. The van der Waals surface area contributed by atoms with Crippen molar-refractivity contribution in [1.82, 2.24) is 0 Å². The summed E-state index contributed by atoms with van der Waals surface area (Å²) in [7, 11) is 0. The normalized spacial score (nSPS) is 10.2. The van der Waals surface area contributed by atoms with Gasteiger partial charge in [-0.05, 0) is 36.6 Å². The Morgan fingerprint density at radius 3 is 2.50 bits per heavy atom. The Labute approximate surface area is 110 Å². The van der Waals surface area contributed by atoms with E-state index in [1.54, 1.807) is 30.0 Å². The van der Waals surface area contributed by atoms with E-state index in [1.807, 2.05) is 6.26 Å². The summed E-state index contributed by atoms with van der Waals surface area (Å²) in [6, 6.07) is 4.99. The minimum atomic E-state index is -0.00705. The highest BCUT2D eigenvalue weighted by atomic mass is 35.5. The van der Waals surface area contributed by atoms with Crippen LogP contribution in [0.15, 0.2) is 18.2 Å². The average molecular weight is 278 g/mol. The summed E-state index contributed by atoms with van der Waals surface area (Å²) in [4.78, 5) is 11.5. The summed E-state index contributed by atoms with van der Waals surface area (Å²) >= 11 is 13.4. The third-order valence-electron chi connectivity index (χ3n) is 1.90. The zero-order chi connectivity index (χ0) is 12.0. The fraction of sp³-hybridized carbons (Fsp3) is 0.364. The van der Waals surface area contributed by atoms with Gasteiger partial charge in [-0.3, -0.25) is 4.79 Å². The third-order valence-corrected chi connectivity index (χ3v) is 3.03. The van der Waals surface area contributed by atoms with Crippen LogP contribution in [0, 0.1) is 0 Å². The quantitative estimate of drug-likeness (QED) is 0.822. The van der Waals surface area contributed by atoms with Gasteiger partial charge >= 0.3 is 0 Å². The average Bonchev–Trinajstić information content (AvgIpc) is 2.16. The smallest absolute Gasteiger partial charge is 0.224 e. The number of amides is 1. The van der Waals surface area contributed by atoms with Crippen LogP contribution in [-0.2, 0) is 4.79 Å². The predicted octanol–water partition coefficient (Wildman–Crippen LogP) is 4.08. The van der Waals surface area contributed by atoms with Crippen LogP contribution < -0.4 is 5.32 Å². The molecule has 0 bridgehead atoms. The second-order valence-electron chi connectivity index (χ2n) is 3.30. The predicted molar refractivity (Wildman–Crippen MR) is 72.7 cm³/mol. The number of nitrogens with one attached hydrogen (secondary N) is 1. The molecule has 0 atom stereocenters. The lowest BCUT2D eigenvalue weighted by Gasteiger charge is -2.05. The van der Waals surface area contributed by atoms with Crippen molar-refractivity contribution >= 4 is 46.6 Å². The first-order valence-electron chi connectivity index (χ1n) is 4.86. The molecule has 0 radical (unpaired) electrons. The van der Waals surface area contributed by atoms with Gasteiger partial charge in [0.05, 0.1) is 0 Å². The monoisotopic (exact) mass is 277 g/mol. The van der Waals surface area contributed by atoms with Gasteiger partial charge in [0.25, 0.3) is 0 Å². The van der Waals surface area contributed by atoms with Crippen LogP contribution in [0.4, 0.5) is 5.69 Å². The van der Waals surface area contributed by atoms with E-state index in [0.29, 0.717) is 22.2 Å². The Kier molecular flexibility index (Phi) is 6.03. The highest BCUT2D eigenvalue weighted by molar-refractivity contribution is 7.98. The van der Waals surface area contributed by atoms with Crippen molar-refractivity contribution in [2.24, 2.45) is 0 Å². The number of anilines is 1. The lowest BCUT2D eigenvalue weighted by molar-refractivity contribution is -0.116. The van der Waals surface area contributed by atoms with Gasteiger partial charge in [-0.1, -0.05) is 23.2 Å². The Morgan fingerprint density at radius 2 is 1.94 bits per heavy atom. The van der Waals surface area contributed by atoms with E-state index < -0.39 is 0 Å². The molecule has 2 nitrogen and oxygen atoms in total. The molecule has 0 aliphatic carbocycles. The molecule has 0 spiro atoms. The maximum absolute atomic E-state index is 11.5. The maximum atomic E-state index is 11.5. The zero-order valence-electron chi connectivity index (χ0n) is 8.93. The number of rotatable bonds is 5. The van der Waals surface area contributed by atoms with Crippen LogP contribution in [0.25, 0.3) is 0 Å². The summed E-state index contributed by atoms with van der Waals surface area (Å²) in [5, 5.41) is 3.81. The number of hydrogen-bond acceptors (Lipinski definition) is 2. The lowest BCUT2D eigenvalue weighted by atomic mass is 10.3. The standard InChI is InChI=1S/C11H13Cl2NOS/c1-16-4-2-3-11(15)14-10-6-8(12)5-9(13)7-10/h5-7H,2-4H2,1H3,(H,14,15). The van der Waals surface area contributed by atoms with Crippen LogP contribution in [0.2, 0.25) is 10.0 Å². The minimum Gasteiger partial charge on any atom is -0.326 e. The van der Waals surface area contributed by atoms with Gasteiger partial charge in [0.1, 0.15) is 0 Å². The van der Waals surface area contributed by atoms with Crippen molar-refractivity contribution < 1.29 is 4.79 Å². The van der Waals surface area contributed by atoms with E-state index in [-0.39, 0.29) is 5.91 Å². The zero-order valence-corrected chi connectivity index (χ0v) is 11.3. The largest absolute Gasteiger partial charge is 0.326 e. The molecule has 5 heteroatoms. The molecule has 1 N–H and O–H groups in total. The van der Waals surface area contributed by atoms with E-state index >= 15 is 0 Å². The first-order valence-corrected chi connectivity index (χ1v) is 7.01. The van der Waals surface area contributed by atoms with E-state index in [0.717, 1.165) is 12.2 Å². The first-order chi connectivity index (χ1) is 7.61. The molecule has 0 aliphatic rings. The van der Waals surface area contributed by atoms with Crippen molar-refractivity contribution in [3.63, 3.8) is 0 Å². The fourth-order valence-corrected chi connectivity index (χ4v) is 2.19. The number of carbonyl (C=O) groups is 1. The van der Waals surface area contributed by atoms with Crippen molar-refractivity contribution in [2.45, 2.75) is 12.8 Å². The molecule has 0 heterocycles. The summed E-state index contributed by atoms with van der Waals surface area (Å²) < 4.78 is 0. The summed E-state index contributed by atoms with van der Waals surface area (Å²) in [5.74, 6) is 0.983. The van der Waals surface area contributed by atoms with Gasteiger partial charge in [-0.2, -0.15) is 11.8 Å². The molecule has 1 amide bonds. The van der Waals surface area contributed by atoms with Crippen LogP contribution in [-0.4, -0.2) is 17.9 Å². The third kappa shape index (κ3) is 5.10. The molecule has 1 aromatic carbocycles. The minimum absolute atomic E-state index is 0.00705. The van der Waals surface area contributed by atoms with Crippen molar-refractivity contribution in [3.8, 4) is 0 Å². The Bertz CT molecular complexity index is 351. The van der Waals surface area contributed by atoms with E-state index in [1.165, 1.54) is 0 Å². The second kappa shape index (κ2) is 7.05. The highest BCUT2D eigenvalue weighted by Crippen LogP contribution is 2.22. The van der Waals surface area contributed by atoms with Gasteiger partial charge < -0.3 is 5.32 Å². The SMILES string of the molecule is CSCCCC(=O)Nc1cc(Cl)cc(Cl)c1. The van der Waals surface area contributed by atoms with Crippen molar-refractivity contribution in [1.29, 1.82) is 0 Å². The Morgan fingerprint density at radius 1 is 1.31 bits per heavy atom. The Hall–Kier alpha value is -0.380. The molecular weight excluding hydrogens is 265 g/mol. The molecule has 0 aliphatic heterocycles. The number of thioether (sulfide) groups is 1. The number of benzene rings is 1. The van der Waals surface area contributed by atoms with Crippen LogP contribution in [0.5, 0.6) is 0 Å². The topological polar surface area (TPSA) is 29.1 Å². The first kappa shape index (κ1) is 13.7. The van der Waals surface area contributed by atoms with Gasteiger partial charge in [-0.15, -0.1) is 0 Å². The summed E-state index contributed by atoms with van der Waals surface area (Å²) in [6.07, 6.45) is 3.42. The molecule has 0 fully saturated rings. The number of hydrogen-bond donors (Lipinski definition) is 1. The van der Waals surface area contributed by atoms with E-state index in [2.05, 4.69) is 5.32 Å². The van der Waals surface area contributed by atoms with Crippen molar-refractivity contribution in [2.75, 3.05) is 17.3 Å². The van der Waals surface area contributed by atoms with Gasteiger partial charge in [0.15, 0.2) is 0 Å². The summed E-state index contributed by atoms with van der Waals surface area (Å²) in [5.41, 5.74) is 0.645. The lowest BCUT2D eigenvalue weighted by Crippen LogP contribution is -2.11.